The number of phenols is 1. The normalized spacial score (nSPS) is 14.5. The summed E-state index contributed by atoms with van der Waals surface area (Å²) in [6.45, 7) is 3.49. The van der Waals surface area contributed by atoms with Gasteiger partial charge in [-0.05, 0) is 35.6 Å². The van der Waals surface area contributed by atoms with Gasteiger partial charge in [-0.1, -0.05) is 62.7 Å². The van der Waals surface area contributed by atoms with Crippen molar-refractivity contribution < 1.29 is 39.3 Å². The van der Waals surface area contributed by atoms with Gasteiger partial charge < -0.3 is 37.0 Å². The second kappa shape index (κ2) is 16.0. The van der Waals surface area contributed by atoms with Gasteiger partial charge >= 0.3 is 11.9 Å². The van der Waals surface area contributed by atoms with Gasteiger partial charge in [0.2, 0.25) is 17.7 Å². The highest BCUT2D eigenvalue weighted by Gasteiger charge is 2.32. The number of nitrogens with one attached hydrogen (secondary N) is 3. The lowest BCUT2D eigenvalue weighted by atomic mass is 9.97. The maximum Gasteiger partial charge on any atom is 0.326 e. The Balaban J connectivity index is 2.32. The first kappa shape index (κ1) is 32.8. The fourth-order valence-corrected chi connectivity index (χ4v) is 4.03. The number of carbonyl (C=O) groups is 5. The van der Waals surface area contributed by atoms with E-state index in [0.717, 1.165) is 0 Å². The molecule has 0 fully saturated rings. The number of carbonyl (C=O) groups excluding carboxylic acids is 3. The van der Waals surface area contributed by atoms with E-state index in [4.69, 9.17) is 10.8 Å². The zero-order valence-corrected chi connectivity index (χ0v) is 23.1. The lowest BCUT2D eigenvalue weighted by Crippen LogP contribution is -2.58. The number of rotatable bonds is 16. The van der Waals surface area contributed by atoms with Gasteiger partial charge in [-0.2, -0.15) is 0 Å². The van der Waals surface area contributed by atoms with Crippen LogP contribution in [0.2, 0.25) is 0 Å². The number of nitrogens with two attached hydrogens (primary N) is 1. The fourth-order valence-electron chi connectivity index (χ4n) is 4.03. The topological polar surface area (TPSA) is 208 Å². The summed E-state index contributed by atoms with van der Waals surface area (Å²) in [6, 6.07) is 9.99. The lowest BCUT2D eigenvalue weighted by molar-refractivity contribution is -0.144. The van der Waals surface area contributed by atoms with Crippen LogP contribution in [0, 0.1) is 5.92 Å². The average molecular weight is 571 g/mol. The number of phenolic OH excluding ortho intramolecular Hbond substituents is 1. The van der Waals surface area contributed by atoms with Gasteiger partial charge in [-0.25, -0.2) is 4.79 Å². The summed E-state index contributed by atoms with van der Waals surface area (Å²) in [5.74, 6) is -4.89. The van der Waals surface area contributed by atoms with E-state index >= 15 is 0 Å². The van der Waals surface area contributed by atoms with Crippen molar-refractivity contribution in [2.24, 2.45) is 11.7 Å². The van der Waals surface area contributed by atoms with Gasteiger partial charge in [0.05, 0.1) is 6.04 Å². The molecule has 0 heterocycles. The Bertz CT molecular complexity index is 1190. The smallest absolute Gasteiger partial charge is 0.326 e. The minimum atomic E-state index is -1.22. The fraction of sp³-hybridized carbons (Fsp3) is 0.414. The summed E-state index contributed by atoms with van der Waals surface area (Å²) >= 11 is 0. The highest BCUT2D eigenvalue weighted by Crippen LogP contribution is 2.13. The van der Waals surface area contributed by atoms with E-state index in [9.17, 15) is 34.2 Å². The molecule has 2 rings (SSSR count). The van der Waals surface area contributed by atoms with Crippen LogP contribution in [0.25, 0.3) is 0 Å². The first-order valence-electron chi connectivity index (χ1n) is 13.3. The van der Waals surface area contributed by atoms with Crippen LogP contribution >= 0.6 is 0 Å². The molecule has 8 N–H and O–H groups in total. The minimum absolute atomic E-state index is 0.00312. The van der Waals surface area contributed by atoms with Gasteiger partial charge in [0, 0.05) is 19.3 Å². The molecule has 0 bridgehead atoms. The molecule has 0 aromatic heterocycles. The Morgan fingerprint density at radius 2 is 1.29 bits per heavy atom. The number of aromatic hydroxyl groups is 1. The second-order valence-corrected chi connectivity index (χ2v) is 9.93. The summed E-state index contributed by atoms with van der Waals surface area (Å²) in [5, 5.41) is 35.9. The Morgan fingerprint density at radius 1 is 0.780 bits per heavy atom. The number of carboxylic acid groups (broad SMARTS) is 2. The van der Waals surface area contributed by atoms with Crippen molar-refractivity contribution in [3.8, 4) is 5.75 Å². The Kier molecular flexibility index (Phi) is 12.8. The summed E-state index contributed by atoms with van der Waals surface area (Å²) in [6.07, 6.45) is 0.0104. The zero-order chi connectivity index (χ0) is 30.5. The van der Waals surface area contributed by atoms with E-state index < -0.39 is 53.8 Å². The molecule has 41 heavy (non-hydrogen) atoms. The van der Waals surface area contributed by atoms with Gasteiger partial charge in [0.25, 0.3) is 0 Å². The van der Waals surface area contributed by atoms with Crippen LogP contribution in [0.5, 0.6) is 5.75 Å². The van der Waals surface area contributed by atoms with E-state index in [-0.39, 0.29) is 37.4 Å². The summed E-state index contributed by atoms with van der Waals surface area (Å²) < 4.78 is 0. The second-order valence-electron chi connectivity index (χ2n) is 9.93. The van der Waals surface area contributed by atoms with E-state index in [1.165, 1.54) is 12.1 Å². The molecular weight excluding hydrogens is 532 g/mol. The summed E-state index contributed by atoms with van der Waals surface area (Å²) in [4.78, 5) is 62.4. The minimum Gasteiger partial charge on any atom is -0.508 e. The first-order valence-corrected chi connectivity index (χ1v) is 13.3. The van der Waals surface area contributed by atoms with Crippen LogP contribution in [-0.4, -0.2) is 69.1 Å². The van der Waals surface area contributed by atoms with Crippen molar-refractivity contribution in [1.82, 2.24) is 16.0 Å². The molecule has 0 aliphatic heterocycles. The Labute approximate surface area is 238 Å². The molecule has 0 spiro atoms. The summed E-state index contributed by atoms with van der Waals surface area (Å²) in [5.41, 5.74) is 7.13. The number of aliphatic carboxylic acids is 2. The van der Waals surface area contributed by atoms with Gasteiger partial charge in [0.15, 0.2) is 0 Å². The first-order chi connectivity index (χ1) is 19.4. The maximum atomic E-state index is 13.5. The predicted molar refractivity (Wildman–Crippen MR) is 150 cm³/mol. The standard InChI is InChI=1S/C29H38N4O8/c1-3-17(2)25(29(40)41)33-28(39)23(15-18-7-5-4-6-8-18)32-27(38)22(16-19-9-11-20(34)12-10-19)31-26(37)21(30)13-14-24(35)36/h4-12,17,21-23,25,34H,3,13-16,30H2,1-2H3,(H,31,37)(H,32,38)(H,33,39)(H,35,36)(H,40,41). The van der Waals surface area contributed by atoms with Crippen molar-refractivity contribution in [3.05, 3.63) is 65.7 Å². The summed E-state index contributed by atoms with van der Waals surface area (Å²) in [7, 11) is 0. The Morgan fingerprint density at radius 3 is 1.80 bits per heavy atom. The number of hydrogen-bond donors (Lipinski definition) is 7. The molecule has 0 saturated carbocycles. The molecular formula is C29H38N4O8. The van der Waals surface area contributed by atoms with Crippen LogP contribution < -0.4 is 21.7 Å². The average Bonchev–Trinajstić information content (AvgIpc) is 2.94. The van der Waals surface area contributed by atoms with Crippen LogP contribution in [-0.2, 0) is 36.8 Å². The molecule has 222 valence electrons. The van der Waals surface area contributed by atoms with Crippen LogP contribution in [0.4, 0.5) is 0 Å². The van der Waals surface area contributed by atoms with Crippen LogP contribution in [0.1, 0.15) is 44.2 Å². The molecule has 0 saturated heterocycles. The molecule has 5 atom stereocenters. The molecule has 3 amide bonds. The maximum absolute atomic E-state index is 13.5. The van der Waals surface area contributed by atoms with E-state index in [1.807, 2.05) is 0 Å². The van der Waals surface area contributed by atoms with Crippen molar-refractivity contribution in [1.29, 1.82) is 0 Å². The van der Waals surface area contributed by atoms with Crippen molar-refractivity contribution >= 4 is 29.7 Å². The van der Waals surface area contributed by atoms with Gasteiger partial charge in [0.1, 0.15) is 23.9 Å². The van der Waals surface area contributed by atoms with E-state index in [2.05, 4.69) is 16.0 Å². The number of hydrogen-bond acceptors (Lipinski definition) is 7. The SMILES string of the molecule is CCC(C)C(NC(=O)C(Cc1ccccc1)NC(=O)C(Cc1ccc(O)cc1)NC(=O)C(N)CCC(=O)O)C(=O)O. The third kappa shape index (κ3) is 10.9. The third-order valence-corrected chi connectivity index (χ3v) is 6.71. The molecule has 12 heteroatoms. The van der Waals surface area contributed by atoms with Crippen molar-refractivity contribution in [2.45, 2.75) is 70.1 Å². The number of amides is 3. The van der Waals surface area contributed by atoms with Gasteiger partial charge in [-0.3, -0.25) is 19.2 Å². The van der Waals surface area contributed by atoms with Crippen molar-refractivity contribution in [2.75, 3.05) is 0 Å². The molecule has 2 aromatic rings. The van der Waals surface area contributed by atoms with Crippen molar-refractivity contribution in [3.63, 3.8) is 0 Å². The highest BCUT2D eigenvalue weighted by molar-refractivity contribution is 5.94. The molecule has 12 nitrogen and oxygen atoms in total. The highest BCUT2D eigenvalue weighted by atomic mass is 16.4. The van der Waals surface area contributed by atoms with Crippen LogP contribution in [0.15, 0.2) is 54.6 Å². The lowest BCUT2D eigenvalue weighted by Gasteiger charge is -2.27. The van der Waals surface area contributed by atoms with E-state index in [0.29, 0.717) is 17.5 Å². The number of benzene rings is 2. The predicted octanol–water partition coefficient (Wildman–Crippen LogP) is 0.955. The quantitative estimate of drug-likeness (QED) is 0.153. The van der Waals surface area contributed by atoms with Gasteiger partial charge in [-0.15, -0.1) is 0 Å². The molecule has 0 radical (unpaired) electrons. The molecule has 5 unspecified atom stereocenters. The van der Waals surface area contributed by atoms with E-state index in [1.54, 1.807) is 56.3 Å². The molecule has 2 aromatic carbocycles. The molecule has 0 aliphatic rings. The number of carboxylic acids is 2. The third-order valence-electron chi connectivity index (χ3n) is 6.71. The monoisotopic (exact) mass is 570 g/mol. The Hall–Kier alpha value is -4.45. The molecule has 0 aliphatic carbocycles. The van der Waals surface area contributed by atoms with Crippen LogP contribution in [0.3, 0.4) is 0 Å². The largest absolute Gasteiger partial charge is 0.508 e. The zero-order valence-electron chi connectivity index (χ0n) is 23.1.